The van der Waals surface area contributed by atoms with Crippen LogP contribution in [0.3, 0.4) is 0 Å². The Bertz CT molecular complexity index is 1630. The largest absolute Gasteiger partial charge is 0.352 e. The van der Waals surface area contributed by atoms with Gasteiger partial charge < -0.3 is 14.7 Å². The normalized spacial score (nSPS) is 25.4. The van der Waals surface area contributed by atoms with Crippen LogP contribution in [0, 0.1) is 18.6 Å². The van der Waals surface area contributed by atoms with Gasteiger partial charge in [0.25, 0.3) is 0 Å². The number of aliphatic imine (C=N–C) groups is 1. The van der Waals surface area contributed by atoms with E-state index in [1.54, 1.807) is 11.8 Å². The van der Waals surface area contributed by atoms with Gasteiger partial charge in [0, 0.05) is 97.3 Å². The van der Waals surface area contributed by atoms with E-state index < -0.39 is 11.6 Å². The number of nitrogens with zero attached hydrogens (tertiary/aromatic N) is 6. The zero-order valence-electron chi connectivity index (χ0n) is 26.7. The number of piperazine rings is 2. The lowest BCUT2D eigenvalue weighted by Crippen LogP contribution is -2.60. The predicted molar refractivity (Wildman–Crippen MR) is 183 cm³/mol. The van der Waals surface area contributed by atoms with Crippen LogP contribution in [0.1, 0.15) is 37.8 Å². The van der Waals surface area contributed by atoms with Crippen molar-refractivity contribution < 1.29 is 13.6 Å². The standard InChI is InChI=1S/C35H41ClF2N6OS/c1-6-31(45)43-21(3)16-42(17-22(43)4)35-27-13-20(2)32(26-14-28(36)30(38)15-29(26)37)34-33(27)44(23(5)39-35)25(19-46-34)18-40-9-11-41(12-10-40)24-7-8-24/h6,13-15,21-22,24-25H,1,5,7-12,16-19H2,2-4H3/t21-,22+,25-/m0/s1. The first-order chi connectivity index (χ1) is 22.0. The van der Waals surface area contributed by atoms with Crippen LogP contribution in [0.5, 0.6) is 0 Å². The summed E-state index contributed by atoms with van der Waals surface area (Å²) < 4.78 is 29.7. The molecule has 1 aliphatic carbocycles. The fourth-order valence-corrected chi connectivity index (χ4v) is 9.39. The molecule has 0 radical (unpaired) electrons. The lowest BCUT2D eigenvalue weighted by molar-refractivity contribution is -0.132. The predicted octanol–water partition coefficient (Wildman–Crippen LogP) is 5.99. The maximum atomic E-state index is 15.5. The maximum absolute atomic E-state index is 15.5. The number of carbonyl (C=O) groups excluding carboxylic acids is 1. The van der Waals surface area contributed by atoms with Crippen molar-refractivity contribution in [1.82, 2.24) is 19.6 Å². The molecule has 46 heavy (non-hydrogen) atoms. The number of halogens is 3. The van der Waals surface area contributed by atoms with Gasteiger partial charge in [-0.05, 0) is 57.4 Å². The topological polar surface area (TPSA) is 45.6 Å². The van der Waals surface area contributed by atoms with E-state index in [1.165, 1.54) is 25.0 Å². The summed E-state index contributed by atoms with van der Waals surface area (Å²) in [7, 11) is 0. The first-order valence-corrected chi connectivity index (χ1v) is 17.6. The Balaban J connectivity index is 1.29. The maximum Gasteiger partial charge on any atom is 0.246 e. The molecule has 5 aliphatic rings. The second-order valence-electron chi connectivity index (χ2n) is 13.3. The van der Waals surface area contributed by atoms with Crippen molar-refractivity contribution in [2.45, 2.75) is 62.7 Å². The van der Waals surface area contributed by atoms with Gasteiger partial charge in [0.15, 0.2) is 0 Å². The fourth-order valence-electron chi connectivity index (χ4n) is 7.85. The first kappa shape index (κ1) is 31.7. The highest BCUT2D eigenvalue weighted by Crippen LogP contribution is 2.51. The summed E-state index contributed by atoms with van der Waals surface area (Å²) in [4.78, 5) is 30.3. The average Bonchev–Trinajstić information content (AvgIpc) is 3.87. The zero-order valence-corrected chi connectivity index (χ0v) is 28.3. The van der Waals surface area contributed by atoms with Crippen molar-refractivity contribution >= 4 is 40.8 Å². The fraction of sp³-hybridized carbons (Fsp3) is 0.486. The smallest absolute Gasteiger partial charge is 0.246 e. The Morgan fingerprint density at radius 3 is 2.41 bits per heavy atom. The summed E-state index contributed by atoms with van der Waals surface area (Å²) in [6, 6.07) is 5.16. The molecule has 1 saturated carbocycles. The number of hydrogen-bond donors (Lipinski definition) is 0. The van der Waals surface area contributed by atoms with Crippen molar-refractivity contribution in [3.05, 3.63) is 71.0 Å². The summed E-state index contributed by atoms with van der Waals surface area (Å²) >= 11 is 7.93. The highest BCUT2D eigenvalue weighted by molar-refractivity contribution is 7.99. The number of rotatable bonds is 5. The number of thioether (sulfide) groups is 1. The minimum absolute atomic E-state index is 0.0497. The van der Waals surface area contributed by atoms with E-state index in [1.807, 2.05) is 25.7 Å². The van der Waals surface area contributed by atoms with Gasteiger partial charge in [0.05, 0.1) is 16.8 Å². The van der Waals surface area contributed by atoms with E-state index in [2.05, 4.69) is 38.8 Å². The SMILES string of the molecule is C=CC(=O)N1[C@H](C)CN(C2=NC(=C)N3c4c2cc(C)c(-c2cc(Cl)c(F)cc2F)c4SC[C@@H]3CN2CCN(C3CC3)CC2)C[C@@H]1C. The highest BCUT2D eigenvalue weighted by atomic mass is 35.5. The molecule has 2 aromatic rings. The molecular formula is C35H41ClF2N6OS. The molecule has 2 aromatic carbocycles. The Kier molecular flexibility index (Phi) is 8.45. The molecule has 2 saturated heterocycles. The molecule has 244 valence electrons. The number of aryl methyl sites for hydroxylation is 1. The lowest BCUT2D eigenvalue weighted by atomic mass is 9.93. The van der Waals surface area contributed by atoms with Crippen LogP contribution in [-0.2, 0) is 4.79 Å². The Morgan fingerprint density at radius 1 is 1.07 bits per heavy atom. The summed E-state index contributed by atoms with van der Waals surface area (Å²) in [6.07, 6.45) is 4.03. The van der Waals surface area contributed by atoms with Crippen molar-refractivity contribution in [2.75, 3.05) is 56.5 Å². The summed E-state index contributed by atoms with van der Waals surface area (Å²) in [5, 5.41) is -0.108. The molecule has 1 amide bonds. The highest BCUT2D eigenvalue weighted by Gasteiger charge is 2.42. The second kappa shape index (κ2) is 12.3. The van der Waals surface area contributed by atoms with E-state index in [-0.39, 0.29) is 34.6 Å². The minimum atomic E-state index is -0.775. The summed E-state index contributed by atoms with van der Waals surface area (Å²) in [6.45, 7) is 20.6. The molecule has 0 aromatic heterocycles. The summed E-state index contributed by atoms with van der Waals surface area (Å²) in [5.74, 6) is 0.761. The molecule has 7 rings (SSSR count). The van der Waals surface area contributed by atoms with Crippen molar-refractivity contribution in [1.29, 1.82) is 0 Å². The van der Waals surface area contributed by atoms with Gasteiger partial charge in [-0.15, -0.1) is 11.8 Å². The molecule has 11 heteroatoms. The minimum Gasteiger partial charge on any atom is -0.352 e. The Morgan fingerprint density at radius 2 is 1.76 bits per heavy atom. The van der Waals surface area contributed by atoms with Gasteiger partial charge >= 0.3 is 0 Å². The second-order valence-corrected chi connectivity index (χ2v) is 14.8. The number of benzene rings is 2. The van der Waals surface area contributed by atoms with E-state index >= 15 is 4.39 Å². The van der Waals surface area contributed by atoms with Gasteiger partial charge in [-0.3, -0.25) is 14.6 Å². The first-order valence-electron chi connectivity index (χ1n) is 16.2. The van der Waals surface area contributed by atoms with Crippen molar-refractivity contribution in [3.63, 3.8) is 0 Å². The number of carbonyl (C=O) groups is 1. The monoisotopic (exact) mass is 666 g/mol. The van der Waals surface area contributed by atoms with Crippen LogP contribution in [0.2, 0.25) is 5.02 Å². The number of amidine groups is 1. The number of anilines is 1. The zero-order chi connectivity index (χ0) is 32.4. The van der Waals surface area contributed by atoms with Crippen LogP contribution < -0.4 is 4.90 Å². The molecule has 0 spiro atoms. The van der Waals surface area contributed by atoms with Crippen molar-refractivity contribution in [3.8, 4) is 11.1 Å². The molecular weight excluding hydrogens is 626 g/mol. The van der Waals surface area contributed by atoms with Crippen molar-refractivity contribution in [2.24, 2.45) is 4.99 Å². The third-order valence-electron chi connectivity index (χ3n) is 10.1. The van der Waals surface area contributed by atoms with Crippen LogP contribution in [0.15, 0.2) is 53.1 Å². The van der Waals surface area contributed by atoms with Gasteiger partial charge in [-0.1, -0.05) is 24.8 Å². The number of hydrogen-bond acceptors (Lipinski definition) is 7. The Labute approximate surface area is 279 Å². The summed E-state index contributed by atoms with van der Waals surface area (Å²) in [5.41, 5.74) is 3.81. The van der Waals surface area contributed by atoms with E-state index in [9.17, 15) is 9.18 Å². The van der Waals surface area contributed by atoms with E-state index in [0.29, 0.717) is 18.9 Å². The van der Waals surface area contributed by atoms with E-state index in [0.717, 1.165) is 83.7 Å². The molecule has 0 N–H and O–H groups in total. The molecule has 7 nitrogen and oxygen atoms in total. The van der Waals surface area contributed by atoms with Crippen LogP contribution in [0.4, 0.5) is 14.5 Å². The average molecular weight is 667 g/mol. The van der Waals surface area contributed by atoms with E-state index in [4.69, 9.17) is 16.6 Å². The van der Waals surface area contributed by atoms with Gasteiger partial charge in [-0.2, -0.15) is 0 Å². The third-order valence-corrected chi connectivity index (χ3v) is 11.6. The van der Waals surface area contributed by atoms with Crippen LogP contribution in [0.25, 0.3) is 11.1 Å². The molecule has 3 fully saturated rings. The lowest BCUT2D eigenvalue weighted by Gasteiger charge is -2.49. The van der Waals surface area contributed by atoms with Gasteiger partial charge in [0.1, 0.15) is 23.3 Å². The van der Waals surface area contributed by atoms with Crippen LogP contribution >= 0.6 is 23.4 Å². The molecule has 0 unspecified atom stereocenters. The molecule has 3 atom stereocenters. The van der Waals surface area contributed by atoms with Gasteiger partial charge in [0.2, 0.25) is 5.91 Å². The number of amides is 1. The molecule has 4 aliphatic heterocycles. The quantitative estimate of drug-likeness (QED) is 0.289. The van der Waals surface area contributed by atoms with Crippen LogP contribution in [-0.4, -0.2) is 107 Å². The van der Waals surface area contributed by atoms with Gasteiger partial charge in [-0.25, -0.2) is 13.8 Å². The Hall–Kier alpha value is -2.92. The molecule has 0 bridgehead atoms. The molecule has 4 heterocycles. The third kappa shape index (κ3) is 5.55.